The molecule has 0 aliphatic rings. The molecule has 0 fully saturated rings. The number of nitrogens with zero attached hydrogens (tertiary/aromatic N) is 3. The van der Waals surface area contributed by atoms with E-state index in [9.17, 15) is 4.79 Å². The maximum atomic E-state index is 12.5. The topological polar surface area (TPSA) is 68.5 Å². The van der Waals surface area contributed by atoms with Crippen LogP contribution in [0.5, 0.6) is 5.75 Å². The van der Waals surface area contributed by atoms with Gasteiger partial charge in [0.1, 0.15) is 5.75 Å². The Hall–Kier alpha value is -2.57. The summed E-state index contributed by atoms with van der Waals surface area (Å²) in [6.07, 6.45) is -0.745. The van der Waals surface area contributed by atoms with E-state index in [1.165, 1.54) is 4.90 Å². The van der Waals surface area contributed by atoms with Gasteiger partial charge < -0.3 is 14.2 Å². The van der Waals surface area contributed by atoms with E-state index in [1.54, 1.807) is 32.2 Å². The molecule has 0 spiro atoms. The Balaban J connectivity index is 1.62. The Morgan fingerprint density at radius 1 is 1.22 bits per heavy atom. The summed E-state index contributed by atoms with van der Waals surface area (Å²) in [7, 11) is 1.64. The molecule has 0 aliphatic heterocycles. The van der Waals surface area contributed by atoms with Crippen molar-refractivity contribution >= 4 is 29.1 Å². The van der Waals surface area contributed by atoms with Gasteiger partial charge in [-0.25, -0.2) is 0 Å². The minimum absolute atomic E-state index is 0.167. The van der Waals surface area contributed by atoms with E-state index < -0.39 is 6.10 Å². The summed E-state index contributed by atoms with van der Waals surface area (Å²) in [4.78, 5) is 18.3. The minimum atomic E-state index is -0.745. The number of carbonyl (C=O) groups excluding carboxylic acids is 1. The Bertz CT molecular complexity index is 931. The zero-order valence-corrected chi connectivity index (χ0v) is 16.2. The lowest BCUT2D eigenvalue weighted by Gasteiger charge is -2.21. The van der Waals surface area contributed by atoms with Crippen LogP contribution in [0.25, 0.3) is 11.4 Å². The Kier molecular flexibility index (Phi) is 5.98. The molecule has 0 aliphatic carbocycles. The molecule has 3 rings (SSSR count). The van der Waals surface area contributed by atoms with Crippen LogP contribution in [0.2, 0.25) is 10.0 Å². The second kappa shape index (κ2) is 8.41. The number of benzene rings is 2. The second-order valence-electron chi connectivity index (χ2n) is 5.91. The molecule has 8 heteroatoms. The number of hydrogen-bond acceptors (Lipinski definition) is 5. The molecule has 27 heavy (non-hydrogen) atoms. The molecular weight excluding hydrogens is 389 g/mol. The number of amides is 1. The van der Waals surface area contributed by atoms with Gasteiger partial charge in [0, 0.05) is 17.6 Å². The van der Waals surface area contributed by atoms with Crippen LogP contribution in [0.1, 0.15) is 12.8 Å². The van der Waals surface area contributed by atoms with Gasteiger partial charge in [-0.05, 0) is 25.1 Å². The first-order chi connectivity index (χ1) is 12.9. The molecule has 6 nitrogen and oxygen atoms in total. The van der Waals surface area contributed by atoms with E-state index in [4.69, 9.17) is 32.5 Å². The molecule has 1 aromatic heterocycles. The van der Waals surface area contributed by atoms with Crippen molar-refractivity contribution in [2.75, 3.05) is 7.05 Å². The van der Waals surface area contributed by atoms with Crippen molar-refractivity contribution in [3.63, 3.8) is 0 Å². The summed E-state index contributed by atoms with van der Waals surface area (Å²) in [5.41, 5.74) is 0.843. The number of aromatic nitrogens is 2. The van der Waals surface area contributed by atoms with Crippen LogP contribution in [0.4, 0.5) is 0 Å². The van der Waals surface area contributed by atoms with Crippen molar-refractivity contribution in [1.82, 2.24) is 15.0 Å². The predicted octanol–water partition coefficient (Wildman–Crippen LogP) is 4.47. The molecule has 0 bridgehead atoms. The third-order valence-electron chi connectivity index (χ3n) is 3.79. The number of carbonyl (C=O) groups is 1. The van der Waals surface area contributed by atoms with Gasteiger partial charge in [-0.15, -0.1) is 0 Å². The molecule has 3 aromatic rings. The molecule has 1 atom stereocenters. The number of halogens is 2. The third kappa shape index (κ3) is 4.78. The molecule has 1 heterocycles. The Morgan fingerprint density at radius 2 is 1.96 bits per heavy atom. The fourth-order valence-electron chi connectivity index (χ4n) is 2.43. The van der Waals surface area contributed by atoms with E-state index in [1.807, 2.05) is 30.3 Å². The van der Waals surface area contributed by atoms with Crippen molar-refractivity contribution in [2.24, 2.45) is 0 Å². The van der Waals surface area contributed by atoms with Crippen molar-refractivity contribution in [3.05, 3.63) is 64.5 Å². The molecule has 140 valence electrons. The summed E-state index contributed by atoms with van der Waals surface area (Å²) >= 11 is 11.9. The van der Waals surface area contributed by atoms with Crippen LogP contribution in [0.15, 0.2) is 53.1 Å². The molecular formula is C19H17Cl2N3O3. The van der Waals surface area contributed by atoms with Crippen LogP contribution in [0, 0.1) is 0 Å². The fraction of sp³-hybridized carbons (Fsp3) is 0.211. The van der Waals surface area contributed by atoms with Crippen molar-refractivity contribution in [1.29, 1.82) is 0 Å². The fourth-order valence-corrected chi connectivity index (χ4v) is 2.88. The average molecular weight is 406 g/mol. The van der Waals surface area contributed by atoms with Gasteiger partial charge in [-0.1, -0.05) is 58.7 Å². The van der Waals surface area contributed by atoms with E-state index >= 15 is 0 Å². The minimum Gasteiger partial charge on any atom is -0.479 e. The highest BCUT2D eigenvalue weighted by Gasteiger charge is 2.22. The summed E-state index contributed by atoms with van der Waals surface area (Å²) < 4.78 is 10.9. The standard InChI is InChI=1S/C19H17Cl2N3O3/c1-12(26-16-9-8-14(20)10-15(16)21)19(25)24(2)11-17-22-18(23-27-17)13-6-4-3-5-7-13/h3-10,12H,11H2,1-2H3/t12-/m1/s1. The highest BCUT2D eigenvalue weighted by molar-refractivity contribution is 6.35. The van der Waals surface area contributed by atoms with Gasteiger partial charge in [0.25, 0.3) is 5.91 Å². The number of rotatable bonds is 6. The lowest BCUT2D eigenvalue weighted by Crippen LogP contribution is -2.37. The number of ether oxygens (including phenoxy) is 1. The summed E-state index contributed by atoms with van der Waals surface area (Å²) in [5.74, 6) is 0.949. The molecule has 1 amide bonds. The zero-order chi connectivity index (χ0) is 19.4. The lowest BCUT2D eigenvalue weighted by molar-refractivity contribution is -0.137. The van der Waals surface area contributed by atoms with Gasteiger partial charge in [0.05, 0.1) is 11.6 Å². The van der Waals surface area contributed by atoms with E-state index in [2.05, 4.69) is 10.1 Å². The highest BCUT2D eigenvalue weighted by Crippen LogP contribution is 2.28. The van der Waals surface area contributed by atoms with E-state index in [-0.39, 0.29) is 12.5 Å². The monoisotopic (exact) mass is 405 g/mol. The van der Waals surface area contributed by atoms with Gasteiger partial charge in [-0.3, -0.25) is 4.79 Å². The third-order valence-corrected chi connectivity index (χ3v) is 4.32. The normalized spacial score (nSPS) is 11.9. The van der Waals surface area contributed by atoms with Crippen LogP contribution < -0.4 is 4.74 Å². The largest absolute Gasteiger partial charge is 0.479 e. The average Bonchev–Trinajstić information content (AvgIpc) is 3.12. The van der Waals surface area contributed by atoms with Crippen LogP contribution >= 0.6 is 23.2 Å². The van der Waals surface area contributed by atoms with E-state index in [0.717, 1.165) is 5.56 Å². The Morgan fingerprint density at radius 3 is 2.67 bits per heavy atom. The van der Waals surface area contributed by atoms with Crippen LogP contribution in [-0.2, 0) is 11.3 Å². The van der Waals surface area contributed by atoms with Gasteiger partial charge in [0.2, 0.25) is 11.7 Å². The second-order valence-corrected chi connectivity index (χ2v) is 6.75. The lowest BCUT2D eigenvalue weighted by atomic mass is 10.2. The SMILES string of the molecule is C[C@@H](Oc1ccc(Cl)cc1Cl)C(=O)N(C)Cc1nc(-c2ccccc2)no1. The van der Waals surface area contributed by atoms with Crippen LogP contribution in [-0.4, -0.2) is 34.1 Å². The maximum absolute atomic E-state index is 12.5. The first-order valence-electron chi connectivity index (χ1n) is 8.18. The molecule has 0 N–H and O–H groups in total. The predicted molar refractivity (Wildman–Crippen MR) is 103 cm³/mol. The zero-order valence-electron chi connectivity index (χ0n) is 14.7. The molecule has 0 saturated heterocycles. The number of likely N-dealkylation sites (N-methyl/N-ethyl adjacent to an activating group) is 1. The van der Waals surface area contributed by atoms with Gasteiger partial charge >= 0.3 is 0 Å². The molecule has 0 saturated carbocycles. The molecule has 2 aromatic carbocycles. The van der Waals surface area contributed by atoms with Crippen molar-refractivity contribution < 1.29 is 14.1 Å². The quantitative estimate of drug-likeness (QED) is 0.604. The summed E-state index contributed by atoms with van der Waals surface area (Å²) in [6.45, 7) is 1.81. The first-order valence-corrected chi connectivity index (χ1v) is 8.94. The Labute approximate surface area is 166 Å². The van der Waals surface area contributed by atoms with Crippen LogP contribution in [0.3, 0.4) is 0 Å². The first kappa shape index (κ1) is 19.2. The smallest absolute Gasteiger partial charge is 0.263 e. The summed E-state index contributed by atoms with van der Waals surface area (Å²) in [6, 6.07) is 14.3. The van der Waals surface area contributed by atoms with Gasteiger partial charge in [0.15, 0.2) is 6.10 Å². The van der Waals surface area contributed by atoms with Crippen molar-refractivity contribution in [3.8, 4) is 17.1 Å². The summed E-state index contributed by atoms with van der Waals surface area (Å²) in [5, 5.41) is 4.78. The highest BCUT2D eigenvalue weighted by atomic mass is 35.5. The van der Waals surface area contributed by atoms with Crippen molar-refractivity contribution in [2.45, 2.75) is 19.6 Å². The number of hydrogen-bond donors (Lipinski definition) is 0. The molecule has 0 unspecified atom stereocenters. The molecule has 0 radical (unpaired) electrons. The van der Waals surface area contributed by atoms with E-state index in [0.29, 0.717) is 27.5 Å². The van der Waals surface area contributed by atoms with Gasteiger partial charge in [-0.2, -0.15) is 4.98 Å². The maximum Gasteiger partial charge on any atom is 0.263 e.